The van der Waals surface area contributed by atoms with Crippen LogP contribution in [0.15, 0.2) is 23.2 Å². The Morgan fingerprint density at radius 1 is 1.36 bits per heavy atom. The van der Waals surface area contributed by atoms with Gasteiger partial charge in [-0.15, -0.1) is 24.0 Å². The molecule has 0 aliphatic carbocycles. The maximum Gasteiger partial charge on any atom is 0.191 e. The molecule has 0 bridgehead atoms. The Balaban J connectivity index is 0.00000225. The Morgan fingerprint density at radius 3 is 2.76 bits per heavy atom. The lowest BCUT2D eigenvalue weighted by atomic mass is 9.94. The molecule has 2 atom stereocenters. The average molecular weight is 483 g/mol. The minimum atomic E-state index is -0.371. The normalized spacial score (nSPS) is 25.1. The van der Waals surface area contributed by atoms with Gasteiger partial charge < -0.3 is 15.4 Å². The first kappa shape index (κ1) is 20.7. The zero-order valence-electron chi connectivity index (χ0n) is 14.3. The first-order chi connectivity index (χ1) is 11.6. The van der Waals surface area contributed by atoms with Crippen molar-refractivity contribution in [1.29, 1.82) is 0 Å². The number of hydrogen-bond donors (Lipinski definition) is 1. The van der Waals surface area contributed by atoms with Gasteiger partial charge in [0.25, 0.3) is 0 Å². The van der Waals surface area contributed by atoms with Gasteiger partial charge in [-0.3, -0.25) is 9.89 Å². The van der Waals surface area contributed by atoms with Gasteiger partial charge in [0, 0.05) is 25.7 Å². The van der Waals surface area contributed by atoms with Gasteiger partial charge in [-0.25, -0.2) is 4.39 Å². The van der Waals surface area contributed by atoms with Crippen molar-refractivity contribution in [3.05, 3.63) is 34.6 Å². The monoisotopic (exact) mass is 482 g/mol. The lowest BCUT2D eigenvalue weighted by Gasteiger charge is -2.28. The van der Waals surface area contributed by atoms with Gasteiger partial charge in [-0.1, -0.05) is 17.7 Å². The van der Waals surface area contributed by atoms with Gasteiger partial charge in [0.05, 0.1) is 18.2 Å². The Hall–Kier alpha value is -0.640. The van der Waals surface area contributed by atoms with Crippen LogP contribution >= 0.6 is 35.6 Å². The Bertz CT molecular complexity index is 612. The number of morpholine rings is 1. The molecule has 2 unspecified atom stereocenters. The van der Waals surface area contributed by atoms with E-state index in [1.165, 1.54) is 6.07 Å². The van der Waals surface area contributed by atoms with Crippen LogP contribution in [0.3, 0.4) is 0 Å². The zero-order chi connectivity index (χ0) is 17.1. The molecule has 8 heteroatoms. The Labute approximate surface area is 170 Å². The van der Waals surface area contributed by atoms with Crippen LogP contribution in [0.5, 0.6) is 0 Å². The molecule has 0 aromatic heterocycles. The molecule has 2 aliphatic heterocycles. The van der Waals surface area contributed by atoms with E-state index in [1.54, 1.807) is 6.07 Å². The molecule has 0 spiro atoms. The lowest BCUT2D eigenvalue weighted by molar-refractivity contribution is 0.0673. The van der Waals surface area contributed by atoms with Gasteiger partial charge in [0.1, 0.15) is 5.82 Å². The summed E-state index contributed by atoms with van der Waals surface area (Å²) in [7, 11) is 2.06. The van der Waals surface area contributed by atoms with Crippen molar-refractivity contribution in [1.82, 2.24) is 9.80 Å². The van der Waals surface area contributed by atoms with E-state index in [1.807, 2.05) is 6.07 Å². The van der Waals surface area contributed by atoms with Crippen molar-refractivity contribution in [2.24, 2.45) is 16.6 Å². The zero-order valence-corrected chi connectivity index (χ0v) is 17.4. The molecule has 2 heterocycles. The van der Waals surface area contributed by atoms with Crippen LogP contribution < -0.4 is 5.73 Å². The maximum absolute atomic E-state index is 13.8. The maximum atomic E-state index is 13.8. The molecule has 140 valence electrons. The molecule has 3 rings (SSSR count). The van der Waals surface area contributed by atoms with Crippen LogP contribution in [0, 0.1) is 11.7 Å². The van der Waals surface area contributed by atoms with Gasteiger partial charge in [-0.2, -0.15) is 0 Å². The minimum Gasteiger partial charge on any atom is -0.378 e. The van der Waals surface area contributed by atoms with E-state index in [0.717, 1.165) is 31.6 Å². The van der Waals surface area contributed by atoms with Crippen LogP contribution in [-0.2, 0) is 4.74 Å². The third-order valence-electron chi connectivity index (χ3n) is 4.88. The molecule has 0 saturated carbocycles. The van der Waals surface area contributed by atoms with Gasteiger partial charge in [0.15, 0.2) is 5.96 Å². The number of benzene rings is 1. The van der Waals surface area contributed by atoms with Crippen molar-refractivity contribution < 1.29 is 9.13 Å². The minimum absolute atomic E-state index is 0. The number of guanidine groups is 1. The summed E-state index contributed by atoms with van der Waals surface area (Å²) in [5.74, 6) is 0.522. The largest absolute Gasteiger partial charge is 0.378 e. The molecule has 1 aromatic rings. The van der Waals surface area contributed by atoms with Gasteiger partial charge in [0.2, 0.25) is 0 Å². The van der Waals surface area contributed by atoms with E-state index in [9.17, 15) is 4.39 Å². The third kappa shape index (κ3) is 4.96. The lowest BCUT2D eigenvalue weighted by Crippen LogP contribution is -2.45. The van der Waals surface area contributed by atoms with Crippen molar-refractivity contribution in [3.8, 4) is 0 Å². The number of nitrogens with zero attached hydrogens (tertiary/aromatic N) is 3. The topological polar surface area (TPSA) is 54.1 Å². The number of nitrogens with two attached hydrogens (primary N) is 1. The van der Waals surface area contributed by atoms with Crippen molar-refractivity contribution in [3.63, 3.8) is 0 Å². The molecular formula is C17H25ClFIN4O. The molecule has 2 aliphatic rings. The molecule has 0 radical (unpaired) electrons. The number of hydrogen-bond acceptors (Lipinski definition) is 3. The molecule has 2 fully saturated rings. The van der Waals surface area contributed by atoms with Crippen LogP contribution in [-0.4, -0.2) is 62.2 Å². The van der Waals surface area contributed by atoms with Crippen molar-refractivity contribution in [2.45, 2.75) is 12.5 Å². The predicted octanol–water partition coefficient (Wildman–Crippen LogP) is 2.74. The summed E-state index contributed by atoms with van der Waals surface area (Å²) >= 11 is 5.81. The van der Waals surface area contributed by atoms with Gasteiger partial charge in [-0.05, 0) is 43.6 Å². The quantitative estimate of drug-likeness (QED) is 0.409. The Kier molecular flexibility index (Phi) is 7.72. The van der Waals surface area contributed by atoms with Crippen molar-refractivity contribution in [2.75, 3.05) is 46.4 Å². The molecule has 0 amide bonds. The summed E-state index contributed by atoms with van der Waals surface area (Å²) in [6, 6.07) is 5.20. The number of halogens is 3. The SMILES string of the molecule is CN1CCC(CN=C(N)N2CCOCC2)C1c1ccc(Cl)c(F)c1.I. The highest BCUT2D eigenvalue weighted by molar-refractivity contribution is 14.0. The fourth-order valence-corrected chi connectivity index (χ4v) is 3.66. The highest BCUT2D eigenvalue weighted by atomic mass is 127. The number of aliphatic imine (C=N–C) groups is 1. The second-order valence-electron chi connectivity index (χ2n) is 6.45. The van der Waals surface area contributed by atoms with Crippen LogP contribution in [0.2, 0.25) is 5.02 Å². The highest BCUT2D eigenvalue weighted by Gasteiger charge is 2.33. The molecule has 2 saturated heterocycles. The standard InChI is InChI=1S/C17H24ClFN4O.HI/c1-22-5-4-13(11-21-17(20)23-6-8-24-9-7-23)16(22)12-2-3-14(18)15(19)10-12;/h2-3,10,13,16H,4-9,11H2,1H3,(H2,20,21);1H. The summed E-state index contributed by atoms with van der Waals surface area (Å²) in [6.45, 7) is 4.55. The number of ether oxygens (including phenoxy) is 1. The molecule has 25 heavy (non-hydrogen) atoms. The van der Waals surface area contributed by atoms with E-state index in [4.69, 9.17) is 22.1 Å². The first-order valence-corrected chi connectivity index (χ1v) is 8.72. The summed E-state index contributed by atoms with van der Waals surface area (Å²) < 4.78 is 19.2. The van der Waals surface area contributed by atoms with E-state index < -0.39 is 0 Å². The molecular weight excluding hydrogens is 458 g/mol. The Morgan fingerprint density at radius 2 is 2.08 bits per heavy atom. The fraction of sp³-hybridized carbons (Fsp3) is 0.588. The first-order valence-electron chi connectivity index (χ1n) is 8.34. The molecule has 5 nitrogen and oxygen atoms in total. The van der Waals surface area contributed by atoms with E-state index >= 15 is 0 Å². The van der Waals surface area contributed by atoms with Crippen LogP contribution in [0.1, 0.15) is 18.0 Å². The summed E-state index contributed by atoms with van der Waals surface area (Å²) in [6.07, 6.45) is 1.02. The van der Waals surface area contributed by atoms with E-state index in [-0.39, 0.29) is 40.9 Å². The van der Waals surface area contributed by atoms with Crippen LogP contribution in [0.25, 0.3) is 0 Å². The van der Waals surface area contributed by atoms with Crippen LogP contribution in [0.4, 0.5) is 4.39 Å². The predicted molar refractivity (Wildman–Crippen MR) is 109 cm³/mol. The smallest absolute Gasteiger partial charge is 0.191 e. The second kappa shape index (κ2) is 9.34. The second-order valence-corrected chi connectivity index (χ2v) is 6.85. The fourth-order valence-electron chi connectivity index (χ4n) is 3.54. The van der Waals surface area contributed by atoms with Gasteiger partial charge >= 0.3 is 0 Å². The highest BCUT2D eigenvalue weighted by Crippen LogP contribution is 2.37. The number of rotatable bonds is 3. The summed E-state index contributed by atoms with van der Waals surface area (Å²) in [4.78, 5) is 8.90. The van der Waals surface area contributed by atoms with Crippen molar-refractivity contribution >= 4 is 41.5 Å². The summed E-state index contributed by atoms with van der Waals surface area (Å²) in [5, 5.41) is 0.158. The summed E-state index contributed by atoms with van der Waals surface area (Å²) in [5.41, 5.74) is 7.06. The van der Waals surface area contributed by atoms with E-state index in [0.29, 0.717) is 31.6 Å². The third-order valence-corrected chi connectivity index (χ3v) is 5.19. The molecule has 2 N–H and O–H groups in total. The van der Waals surface area contributed by atoms with E-state index in [2.05, 4.69) is 21.8 Å². The number of likely N-dealkylation sites (tertiary alicyclic amines) is 1. The average Bonchev–Trinajstić information content (AvgIpc) is 2.96. The molecule has 1 aromatic carbocycles.